The van der Waals surface area contributed by atoms with Gasteiger partial charge in [-0.2, -0.15) is 0 Å². The summed E-state index contributed by atoms with van der Waals surface area (Å²) in [6, 6.07) is 0.749. The lowest BCUT2D eigenvalue weighted by Crippen LogP contribution is -2.31. The molecule has 0 amide bonds. The zero-order valence-electron chi connectivity index (χ0n) is 13.1. The third-order valence-electron chi connectivity index (χ3n) is 3.21. The second-order valence-electron chi connectivity index (χ2n) is 5.18. The van der Waals surface area contributed by atoms with Crippen LogP contribution < -0.4 is 5.32 Å². The number of nitrogens with one attached hydrogen (secondary N) is 1. The molecule has 0 spiro atoms. The molecule has 120 valence electrons. The molecule has 0 heterocycles. The molecule has 1 atom stereocenters. The van der Waals surface area contributed by atoms with Gasteiger partial charge in [0.05, 0.1) is 45.7 Å². The summed E-state index contributed by atoms with van der Waals surface area (Å²) >= 11 is 0. The van der Waals surface area contributed by atoms with Crippen LogP contribution in [0.1, 0.15) is 32.6 Å². The Labute approximate surface area is 123 Å². The third kappa shape index (κ3) is 10.6. The highest BCUT2D eigenvalue weighted by Gasteiger charge is 2.21. The predicted octanol–water partition coefficient (Wildman–Crippen LogP) is 1.60. The molecular formula is C15H31NO4. The zero-order chi connectivity index (χ0) is 14.5. The first-order valence-electron chi connectivity index (χ1n) is 7.86. The van der Waals surface area contributed by atoms with E-state index in [1.165, 1.54) is 12.8 Å². The molecule has 20 heavy (non-hydrogen) atoms. The van der Waals surface area contributed by atoms with Crippen molar-refractivity contribution in [2.75, 3.05) is 53.3 Å². The van der Waals surface area contributed by atoms with Crippen LogP contribution in [-0.2, 0) is 18.9 Å². The number of methoxy groups -OCH3 is 1. The molecule has 0 radical (unpaired) electrons. The van der Waals surface area contributed by atoms with Gasteiger partial charge in [0.2, 0.25) is 0 Å². The third-order valence-corrected chi connectivity index (χ3v) is 3.21. The summed E-state index contributed by atoms with van der Waals surface area (Å²) in [6.07, 6.45) is 5.24. The van der Waals surface area contributed by atoms with Crippen molar-refractivity contribution in [1.29, 1.82) is 0 Å². The fourth-order valence-corrected chi connectivity index (χ4v) is 1.89. The Kier molecular flexibility index (Phi) is 11.2. The first-order chi connectivity index (χ1) is 9.86. The molecule has 1 unspecified atom stereocenters. The van der Waals surface area contributed by atoms with Crippen molar-refractivity contribution >= 4 is 0 Å². The Morgan fingerprint density at radius 3 is 2.25 bits per heavy atom. The molecule has 1 fully saturated rings. The van der Waals surface area contributed by atoms with E-state index in [0.29, 0.717) is 45.7 Å². The quantitative estimate of drug-likeness (QED) is 0.464. The van der Waals surface area contributed by atoms with Gasteiger partial charge >= 0.3 is 0 Å². The van der Waals surface area contributed by atoms with E-state index in [4.69, 9.17) is 18.9 Å². The number of hydrogen-bond acceptors (Lipinski definition) is 5. The van der Waals surface area contributed by atoms with Crippen LogP contribution in [0.2, 0.25) is 0 Å². The minimum Gasteiger partial charge on any atom is -0.382 e. The van der Waals surface area contributed by atoms with E-state index in [1.54, 1.807) is 7.11 Å². The van der Waals surface area contributed by atoms with E-state index in [0.717, 1.165) is 25.4 Å². The fraction of sp³-hybridized carbons (Fsp3) is 1.00. The van der Waals surface area contributed by atoms with Gasteiger partial charge in [0.15, 0.2) is 0 Å². The normalized spacial score (nSPS) is 16.5. The molecule has 1 aliphatic rings. The van der Waals surface area contributed by atoms with Gasteiger partial charge in [-0.25, -0.2) is 0 Å². The lowest BCUT2D eigenvalue weighted by atomic mass is 10.2. The summed E-state index contributed by atoms with van der Waals surface area (Å²) in [4.78, 5) is 0. The molecule has 0 bridgehead atoms. The van der Waals surface area contributed by atoms with E-state index in [2.05, 4.69) is 12.2 Å². The lowest BCUT2D eigenvalue weighted by Gasteiger charge is -2.18. The van der Waals surface area contributed by atoms with Crippen LogP contribution in [0.3, 0.4) is 0 Å². The van der Waals surface area contributed by atoms with Crippen molar-refractivity contribution in [3.63, 3.8) is 0 Å². The average Bonchev–Trinajstić information content (AvgIpc) is 3.27. The van der Waals surface area contributed by atoms with Crippen LogP contribution in [-0.4, -0.2) is 65.4 Å². The van der Waals surface area contributed by atoms with Crippen molar-refractivity contribution in [1.82, 2.24) is 5.32 Å². The van der Waals surface area contributed by atoms with Gasteiger partial charge in [0.1, 0.15) is 0 Å². The highest BCUT2D eigenvalue weighted by Crippen LogP contribution is 2.18. The fourth-order valence-electron chi connectivity index (χ4n) is 1.89. The second kappa shape index (κ2) is 12.5. The number of ether oxygens (including phenoxy) is 4. The Bertz CT molecular complexity index is 212. The van der Waals surface area contributed by atoms with E-state index in [-0.39, 0.29) is 0 Å². The van der Waals surface area contributed by atoms with Gasteiger partial charge in [-0.3, -0.25) is 0 Å². The van der Waals surface area contributed by atoms with Gasteiger partial charge in [0.25, 0.3) is 0 Å². The molecule has 1 rings (SSSR count). The van der Waals surface area contributed by atoms with E-state index in [1.807, 2.05) is 0 Å². The number of rotatable bonds is 15. The summed E-state index contributed by atoms with van der Waals surface area (Å²) in [5, 5.41) is 3.52. The average molecular weight is 289 g/mol. The van der Waals surface area contributed by atoms with Crippen LogP contribution in [0.4, 0.5) is 0 Å². The maximum absolute atomic E-state index is 5.86. The lowest BCUT2D eigenvalue weighted by molar-refractivity contribution is -0.0179. The molecule has 0 aromatic rings. The minimum atomic E-state index is 0.321. The molecule has 5 nitrogen and oxygen atoms in total. The summed E-state index contributed by atoms with van der Waals surface area (Å²) in [7, 11) is 1.67. The minimum absolute atomic E-state index is 0.321. The summed E-state index contributed by atoms with van der Waals surface area (Å²) in [5.74, 6) is 0. The van der Waals surface area contributed by atoms with Crippen molar-refractivity contribution in [2.45, 2.75) is 44.8 Å². The van der Waals surface area contributed by atoms with Gasteiger partial charge in [-0.05, 0) is 19.3 Å². The van der Waals surface area contributed by atoms with Gasteiger partial charge < -0.3 is 24.3 Å². The summed E-state index contributed by atoms with van der Waals surface area (Å²) in [6.45, 7) is 6.96. The Morgan fingerprint density at radius 2 is 1.65 bits per heavy atom. The highest BCUT2D eigenvalue weighted by molar-refractivity contribution is 4.82. The molecule has 1 N–H and O–H groups in total. The Balaban J connectivity index is 1.86. The van der Waals surface area contributed by atoms with Crippen LogP contribution in [0.15, 0.2) is 0 Å². The van der Waals surface area contributed by atoms with Gasteiger partial charge in [-0.1, -0.05) is 13.3 Å². The Morgan fingerprint density at radius 1 is 1.00 bits per heavy atom. The van der Waals surface area contributed by atoms with Crippen LogP contribution in [0.25, 0.3) is 0 Å². The van der Waals surface area contributed by atoms with Crippen molar-refractivity contribution in [3.8, 4) is 0 Å². The molecule has 0 aromatic heterocycles. The van der Waals surface area contributed by atoms with E-state index in [9.17, 15) is 0 Å². The molecule has 0 aromatic carbocycles. The standard InChI is InChI=1S/C15H31NO4/c1-3-4-15(13-16-14-5-6-14)20-12-11-19-10-9-18-8-7-17-2/h14-16H,3-13H2,1-2H3. The van der Waals surface area contributed by atoms with Gasteiger partial charge in [-0.15, -0.1) is 0 Å². The maximum Gasteiger partial charge on any atom is 0.0704 e. The van der Waals surface area contributed by atoms with E-state index >= 15 is 0 Å². The van der Waals surface area contributed by atoms with Crippen LogP contribution >= 0.6 is 0 Å². The van der Waals surface area contributed by atoms with E-state index < -0.39 is 0 Å². The largest absolute Gasteiger partial charge is 0.382 e. The first kappa shape index (κ1) is 17.9. The molecule has 0 saturated heterocycles. The smallest absolute Gasteiger partial charge is 0.0704 e. The molecular weight excluding hydrogens is 258 g/mol. The van der Waals surface area contributed by atoms with Gasteiger partial charge in [0, 0.05) is 19.7 Å². The summed E-state index contributed by atoms with van der Waals surface area (Å²) in [5.41, 5.74) is 0. The predicted molar refractivity (Wildman–Crippen MR) is 79.2 cm³/mol. The highest BCUT2D eigenvalue weighted by atomic mass is 16.6. The first-order valence-corrected chi connectivity index (χ1v) is 7.86. The van der Waals surface area contributed by atoms with Crippen molar-refractivity contribution in [3.05, 3.63) is 0 Å². The molecule has 1 aliphatic carbocycles. The van der Waals surface area contributed by atoms with Crippen molar-refractivity contribution < 1.29 is 18.9 Å². The molecule has 0 aliphatic heterocycles. The SMILES string of the molecule is CCCC(CNC1CC1)OCCOCCOCCOC. The van der Waals surface area contributed by atoms with Crippen LogP contribution in [0, 0.1) is 0 Å². The zero-order valence-corrected chi connectivity index (χ0v) is 13.1. The molecule has 5 heteroatoms. The van der Waals surface area contributed by atoms with Crippen molar-refractivity contribution in [2.24, 2.45) is 0 Å². The monoisotopic (exact) mass is 289 g/mol. The summed E-state index contributed by atoms with van der Waals surface area (Å²) < 4.78 is 21.5. The van der Waals surface area contributed by atoms with Crippen LogP contribution in [0.5, 0.6) is 0 Å². The maximum atomic E-state index is 5.86. The topological polar surface area (TPSA) is 49.0 Å². The Hall–Kier alpha value is -0.200. The second-order valence-corrected chi connectivity index (χ2v) is 5.18. The number of hydrogen-bond donors (Lipinski definition) is 1. The molecule has 1 saturated carbocycles.